The number of nitrogens with zero attached hydrogens (tertiary/aromatic N) is 3. The highest BCUT2D eigenvalue weighted by Gasteiger charge is 2.20. The first-order valence-corrected chi connectivity index (χ1v) is 6.77. The Morgan fingerprint density at radius 1 is 1.33 bits per heavy atom. The highest BCUT2D eigenvalue weighted by molar-refractivity contribution is 6.34. The van der Waals surface area contributed by atoms with Crippen LogP contribution in [0.15, 0.2) is 18.6 Å². The Morgan fingerprint density at radius 3 is 2.83 bits per heavy atom. The van der Waals surface area contributed by atoms with Crippen molar-refractivity contribution in [1.82, 2.24) is 9.38 Å². The molecule has 1 aliphatic rings. The van der Waals surface area contributed by atoms with Crippen LogP contribution in [0.4, 0.5) is 5.82 Å². The summed E-state index contributed by atoms with van der Waals surface area (Å²) >= 11 is 6.30. The summed E-state index contributed by atoms with van der Waals surface area (Å²) < 4.78 is 2.10. The first kappa shape index (κ1) is 11.8. The molecule has 3 rings (SSSR count). The Kier molecular flexibility index (Phi) is 3.14. The van der Waals surface area contributed by atoms with Crippen molar-refractivity contribution in [2.24, 2.45) is 5.73 Å². The smallest absolute Gasteiger partial charge is 0.117 e. The van der Waals surface area contributed by atoms with Gasteiger partial charge in [0.25, 0.3) is 0 Å². The van der Waals surface area contributed by atoms with Gasteiger partial charge in [-0.15, -0.1) is 0 Å². The number of pyridine rings is 1. The van der Waals surface area contributed by atoms with E-state index in [0.717, 1.165) is 30.0 Å². The van der Waals surface area contributed by atoms with Crippen LogP contribution >= 0.6 is 11.6 Å². The van der Waals surface area contributed by atoms with Gasteiger partial charge in [-0.1, -0.05) is 11.6 Å². The van der Waals surface area contributed by atoms with E-state index >= 15 is 0 Å². The largest absolute Gasteiger partial charge is 0.357 e. The Balaban J connectivity index is 2.20. The van der Waals surface area contributed by atoms with Crippen LogP contribution in [0.25, 0.3) is 5.52 Å². The number of anilines is 1. The normalized spacial score (nSPS) is 15.8. The number of nitrogens with two attached hydrogens (primary N) is 1. The molecule has 4 nitrogen and oxygen atoms in total. The molecule has 2 aromatic rings. The summed E-state index contributed by atoms with van der Waals surface area (Å²) in [4.78, 5) is 6.63. The Labute approximate surface area is 111 Å². The van der Waals surface area contributed by atoms with Gasteiger partial charge >= 0.3 is 0 Å². The van der Waals surface area contributed by atoms with E-state index in [2.05, 4.69) is 14.3 Å². The summed E-state index contributed by atoms with van der Waals surface area (Å²) in [6.07, 6.45) is 7.00. The maximum atomic E-state index is 6.30. The summed E-state index contributed by atoms with van der Waals surface area (Å²) in [5, 5.41) is 0.749. The third-order valence-corrected chi connectivity index (χ3v) is 3.82. The molecule has 96 valence electrons. The fraction of sp³-hybridized carbons (Fsp3) is 0.462. The number of halogens is 1. The van der Waals surface area contributed by atoms with Crippen molar-refractivity contribution in [3.05, 3.63) is 29.2 Å². The van der Waals surface area contributed by atoms with E-state index in [4.69, 9.17) is 17.3 Å². The molecule has 1 saturated heterocycles. The van der Waals surface area contributed by atoms with Crippen LogP contribution in [0, 0.1) is 0 Å². The fourth-order valence-electron chi connectivity index (χ4n) is 2.71. The molecule has 5 heteroatoms. The fourth-order valence-corrected chi connectivity index (χ4v) is 2.98. The van der Waals surface area contributed by atoms with Crippen LogP contribution in [0.5, 0.6) is 0 Å². The molecule has 0 aromatic carbocycles. The average molecular weight is 265 g/mol. The molecule has 0 amide bonds. The van der Waals surface area contributed by atoms with Crippen molar-refractivity contribution in [3.63, 3.8) is 0 Å². The molecule has 0 unspecified atom stereocenters. The molecule has 0 saturated carbocycles. The molecule has 2 N–H and O–H groups in total. The molecule has 1 aliphatic heterocycles. The summed E-state index contributed by atoms with van der Waals surface area (Å²) in [6.45, 7) is 2.84. The highest BCUT2D eigenvalue weighted by Crippen LogP contribution is 2.30. The maximum Gasteiger partial charge on any atom is 0.117 e. The van der Waals surface area contributed by atoms with E-state index in [0.29, 0.717) is 6.54 Å². The van der Waals surface area contributed by atoms with Gasteiger partial charge in [0, 0.05) is 13.1 Å². The quantitative estimate of drug-likeness (QED) is 0.923. The molecule has 1 fully saturated rings. The van der Waals surface area contributed by atoms with E-state index in [1.165, 1.54) is 24.2 Å². The first-order chi connectivity index (χ1) is 8.81. The van der Waals surface area contributed by atoms with E-state index in [9.17, 15) is 0 Å². The average Bonchev–Trinajstić information content (AvgIpc) is 2.99. The molecule has 0 bridgehead atoms. The number of rotatable bonds is 3. The standard InChI is InChI=1S/C13H17ClN4/c14-11-7-10(3-4-15)13(17-5-1-2-6-17)18-9-16-8-12(11)18/h7-9H,1-6,15H2. The molecule has 2 aromatic heterocycles. The molecule has 0 atom stereocenters. The Morgan fingerprint density at radius 2 is 2.11 bits per heavy atom. The lowest BCUT2D eigenvalue weighted by Gasteiger charge is -2.23. The van der Waals surface area contributed by atoms with Gasteiger partial charge < -0.3 is 10.6 Å². The second-order valence-corrected chi connectivity index (χ2v) is 5.13. The molecule has 0 spiro atoms. The minimum Gasteiger partial charge on any atom is -0.357 e. The van der Waals surface area contributed by atoms with Crippen LogP contribution < -0.4 is 10.6 Å². The third kappa shape index (κ3) is 1.85. The second kappa shape index (κ2) is 4.78. The lowest BCUT2D eigenvalue weighted by Crippen LogP contribution is -2.23. The predicted octanol–water partition coefficient (Wildman–Crippen LogP) is 2.09. The lowest BCUT2D eigenvalue weighted by molar-refractivity contribution is 0.874. The number of hydrogen-bond donors (Lipinski definition) is 1. The summed E-state index contributed by atoms with van der Waals surface area (Å²) in [6, 6.07) is 2.04. The molecule has 18 heavy (non-hydrogen) atoms. The van der Waals surface area contributed by atoms with Gasteiger partial charge in [0.2, 0.25) is 0 Å². The van der Waals surface area contributed by atoms with E-state index in [-0.39, 0.29) is 0 Å². The van der Waals surface area contributed by atoms with Gasteiger partial charge in [-0.2, -0.15) is 0 Å². The molecule has 0 aliphatic carbocycles. The zero-order chi connectivity index (χ0) is 12.5. The zero-order valence-corrected chi connectivity index (χ0v) is 11.0. The van der Waals surface area contributed by atoms with Crippen LogP contribution in [-0.4, -0.2) is 29.0 Å². The maximum absolute atomic E-state index is 6.30. The van der Waals surface area contributed by atoms with Crippen LogP contribution in [0.2, 0.25) is 5.02 Å². The lowest BCUT2D eigenvalue weighted by atomic mass is 10.1. The molecule has 0 radical (unpaired) electrons. The Bertz CT molecular complexity index is 557. The monoisotopic (exact) mass is 264 g/mol. The van der Waals surface area contributed by atoms with Crippen molar-refractivity contribution in [2.75, 3.05) is 24.5 Å². The van der Waals surface area contributed by atoms with Crippen molar-refractivity contribution in [1.29, 1.82) is 0 Å². The molecule has 3 heterocycles. The summed E-state index contributed by atoms with van der Waals surface area (Å²) in [7, 11) is 0. The van der Waals surface area contributed by atoms with Gasteiger partial charge in [0.05, 0.1) is 16.7 Å². The second-order valence-electron chi connectivity index (χ2n) is 4.72. The van der Waals surface area contributed by atoms with Crippen LogP contribution in [-0.2, 0) is 6.42 Å². The third-order valence-electron chi connectivity index (χ3n) is 3.52. The van der Waals surface area contributed by atoms with Gasteiger partial charge in [-0.05, 0) is 37.4 Å². The predicted molar refractivity (Wildman–Crippen MR) is 74.4 cm³/mol. The number of fused-ring (bicyclic) bond motifs is 1. The minimum atomic E-state index is 0.636. The van der Waals surface area contributed by atoms with E-state index in [1.54, 1.807) is 0 Å². The van der Waals surface area contributed by atoms with Crippen molar-refractivity contribution < 1.29 is 0 Å². The first-order valence-electron chi connectivity index (χ1n) is 6.39. The van der Waals surface area contributed by atoms with Gasteiger partial charge in [0.1, 0.15) is 12.1 Å². The van der Waals surface area contributed by atoms with Gasteiger partial charge in [-0.3, -0.25) is 4.40 Å². The topological polar surface area (TPSA) is 46.6 Å². The zero-order valence-electron chi connectivity index (χ0n) is 10.3. The minimum absolute atomic E-state index is 0.636. The SMILES string of the molecule is NCCc1cc(Cl)c2cncn2c1N1CCCC1. The van der Waals surface area contributed by atoms with Gasteiger partial charge in [0.15, 0.2) is 0 Å². The number of imidazole rings is 1. The summed E-state index contributed by atoms with van der Waals surface area (Å²) in [5.74, 6) is 1.22. The summed E-state index contributed by atoms with van der Waals surface area (Å²) in [5.41, 5.74) is 7.90. The number of hydrogen-bond acceptors (Lipinski definition) is 3. The van der Waals surface area contributed by atoms with Crippen molar-refractivity contribution in [3.8, 4) is 0 Å². The molecular formula is C13H17ClN4. The van der Waals surface area contributed by atoms with Crippen LogP contribution in [0.3, 0.4) is 0 Å². The van der Waals surface area contributed by atoms with Crippen LogP contribution in [0.1, 0.15) is 18.4 Å². The number of aromatic nitrogens is 2. The Hall–Kier alpha value is -1.26. The van der Waals surface area contributed by atoms with Crippen molar-refractivity contribution >= 4 is 22.9 Å². The van der Waals surface area contributed by atoms with E-state index < -0.39 is 0 Å². The highest BCUT2D eigenvalue weighted by atomic mass is 35.5. The molecular weight excluding hydrogens is 248 g/mol. The van der Waals surface area contributed by atoms with E-state index in [1.807, 2.05) is 18.6 Å². The van der Waals surface area contributed by atoms with Gasteiger partial charge in [-0.25, -0.2) is 4.98 Å². The van der Waals surface area contributed by atoms with Crippen molar-refractivity contribution in [2.45, 2.75) is 19.3 Å².